The zero-order chi connectivity index (χ0) is 14.2. The lowest BCUT2D eigenvalue weighted by Gasteiger charge is -2.15. The molecule has 4 nitrogen and oxygen atoms in total. The van der Waals surface area contributed by atoms with Crippen LogP contribution in [0.15, 0.2) is 29.2 Å². The molecule has 2 fully saturated rings. The number of rotatable bonds is 7. The Hall–Kier alpha value is -0.910. The molecule has 2 aliphatic carbocycles. The minimum atomic E-state index is -3.40. The smallest absolute Gasteiger partial charge is 0.240 e. The number of aliphatic hydroxyl groups excluding tert-OH is 1. The van der Waals surface area contributed by atoms with E-state index in [1.165, 1.54) is 12.8 Å². The van der Waals surface area contributed by atoms with Crippen molar-refractivity contribution in [1.29, 1.82) is 0 Å². The highest BCUT2D eigenvalue weighted by atomic mass is 32.2. The van der Waals surface area contributed by atoms with Crippen LogP contribution in [-0.2, 0) is 16.4 Å². The molecule has 5 heteroatoms. The number of hydrogen-bond acceptors (Lipinski definition) is 3. The van der Waals surface area contributed by atoms with E-state index in [1.54, 1.807) is 24.3 Å². The van der Waals surface area contributed by atoms with Crippen LogP contribution in [0.2, 0.25) is 0 Å². The molecule has 0 bridgehead atoms. The Morgan fingerprint density at radius 2 is 1.85 bits per heavy atom. The van der Waals surface area contributed by atoms with Gasteiger partial charge in [-0.2, -0.15) is 0 Å². The highest BCUT2D eigenvalue weighted by Crippen LogP contribution is 2.60. The average Bonchev–Trinajstić information content (AvgIpc) is 3.29. The molecule has 1 aromatic carbocycles. The van der Waals surface area contributed by atoms with Crippen molar-refractivity contribution in [3.05, 3.63) is 29.8 Å². The second-order valence-corrected chi connectivity index (χ2v) is 7.85. The fraction of sp³-hybridized carbons (Fsp3) is 0.600. The van der Waals surface area contributed by atoms with Crippen LogP contribution in [0.1, 0.15) is 31.2 Å². The van der Waals surface area contributed by atoms with Gasteiger partial charge in [0.1, 0.15) is 0 Å². The van der Waals surface area contributed by atoms with E-state index >= 15 is 0 Å². The van der Waals surface area contributed by atoms with Gasteiger partial charge in [0.15, 0.2) is 0 Å². The molecule has 0 aliphatic heterocycles. The second kappa shape index (κ2) is 5.13. The molecule has 0 amide bonds. The Labute approximate surface area is 120 Å². The quantitative estimate of drug-likeness (QED) is 0.804. The molecule has 1 aromatic rings. The van der Waals surface area contributed by atoms with Crippen LogP contribution in [0.25, 0.3) is 0 Å². The summed E-state index contributed by atoms with van der Waals surface area (Å²) in [6.45, 7) is 0.659. The van der Waals surface area contributed by atoms with Gasteiger partial charge in [-0.25, -0.2) is 13.1 Å². The number of hydrogen-bond donors (Lipinski definition) is 2. The molecule has 0 unspecified atom stereocenters. The topological polar surface area (TPSA) is 66.4 Å². The number of sulfonamides is 1. The average molecular weight is 295 g/mol. The van der Waals surface area contributed by atoms with E-state index in [0.717, 1.165) is 24.3 Å². The largest absolute Gasteiger partial charge is 0.396 e. The van der Waals surface area contributed by atoms with Gasteiger partial charge in [0.2, 0.25) is 10.0 Å². The Morgan fingerprint density at radius 1 is 1.20 bits per heavy atom. The molecule has 2 aliphatic rings. The van der Waals surface area contributed by atoms with Gasteiger partial charge in [0.25, 0.3) is 0 Å². The molecule has 0 radical (unpaired) electrons. The van der Waals surface area contributed by atoms with Gasteiger partial charge in [0, 0.05) is 13.2 Å². The van der Waals surface area contributed by atoms with Crippen molar-refractivity contribution in [2.45, 2.75) is 37.0 Å². The third-order valence-corrected chi connectivity index (χ3v) is 6.00. The highest BCUT2D eigenvalue weighted by molar-refractivity contribution is 7.89. The van der Waals surface area contributed by atoms with Gasteiger partial charge in [-0.1, -0.05) is 12.1 Å². The Balaban J connectivity index is 1.65. The first-order chi connectivity index (χ1) is 9.56. The van der Waals surface area contributed by atoms with Gasteiger partial charge in [-0.3, -0.25) is 0 Å². The van der Waals surface area contributed by atoms with E-state index in [9.17, 15) is 8.42 Å². The van der Waals surface area contributed by atoms with Crippen molar-refractivity contribution < 1.29 is 13.5 Å². The molecule has 2 N–H and O–H groups in total. The third kappa shape index (κ3) is 2.90. The van der Waals surface area contributed by atoms with Crippen LogP contribution in [-0.4, -0.2) is 26.7 Å². The third-order valence-electron chi connectivity index (χ3n) is 4.58. The molecular weight excluding hydrogens is 274 g/mol. The molecule has 0 saturated heterocycles. The van der Waals surface area contributed by atoms with Crippen molar-refractivity contribution >= 4 is 10.0 Å². The van der Waals surface area contributed by atoms with Crippen molar-refractivity contribution in [2.75, 3.05) is 13.2 Å². The van der Waals surface area contributed by atoms with E-state index in [1.807, 2.05) is 0 Å². The lowest BCUT2D eigenvalue weighted by atomic mass is 10.0. The zero-order valence-electron chi connectivity index (χ0n) is 11.5. The highest BCUT2D eigenvalue weighted by Gasteiger charge is 2.53. The molecule has 3 rings (SSSR count). The van der Waals surface area contributed by atoms with E-state index < -0.39 is 10.0 Å². The predicted molar refractivity (Wildman–Crippen MR) is 76.8 cm³/mol. The fourth-order valence-electron chi connectivity index (χ4n) is 2.87. The van der Waals surface area contributed by atoms with Gasteiger partial charge in [-0.05, 0) is 61.1 Å². The summed E-state index contributed by atoms with van der Waals surface area (Å²) in [5.41, 5.74) is 1.22. The maximum Gasteiger partial charge on any atom is 0.240 e. The number of benzene rings is 1. The lowest BCUT2D eigenvalue weighted by molar-refractivity contribution is 0.299. The predicted octanol–water partition coefficient (Wildman–Crippen LogP) is 1.69. The van der Waals surface area contributed by atoms with Crippen LogP contribution >= 0.6 is 0 Å². The van der Waals surface area contributed by atoms with Gasteiger partial charge >= 0.3 is 0 Å². The SMILES string of the molecule is O=S(=O)(NCC1(C2CC2)CC1)c1ccc(CCO)cc1. The molecule has 0 heterocycles. The lowest BCUT2D eigenvalue weighted by Crippen LogP contribution is -2.31. The van der Waals surface area contributed by atoms with Crippen molar-refractivity contribution in [3.8, 4) is 0 Å². The van der Waals surface area contributed by atoms with Crippen LogP contribution in [0, 0.1) is 11.3 Å². The zero-order valence-corrected chi connectivity index (χ0v) is 12.3. The summed E-state index contributed by atoms with van der Waals surface area (Å²) >= 11 is 0. The Kier molecular flexibility index (Phi) is 3.60. The summed E-state index contributed by atoms with van der Waals surface area (Å²) in [7, 11) is -3.40. The fourth-order valence-corrected chi connectivity index (χ4v) is 4.01. The molecule has 0 atom stereocenters. The summed E-state index contributed by atoms with van der Waals surface area (Å²) in [4.78, 5) is 0.311. The molecule has 2 saturated carbocycles. The van der Waals surface area contributed by atoms with Crippen molar-refractivity contribution in [3.63, 3.8) is 0 Å². The monoisotopic (exact) mass is 295 g/mol. The number of nitrogens with one attached hydrogen (secondary N) is 1. The standard InChI is InChI=1S/C15H21NO3S/c17-10-7-12-1-5-14(6-2-12)20(18,19)16-11-15(8-9-15)13-3-4-13/h1-2,5-6,13,16-17H,3-4,7-11H2. The van der Waals surface area contributed by atoms with Crippen LogP contribution < -0.4 is 4.72 Å². The maximum absolute atomic E-state index is 12.3. The van der Waals surface area contributed by atoms with Crippen LogP contribution in [0.3, 0.4) is 0 Å². The first-order valence-electron chi connectivity index (χ1n) is 7.25. The Bertz CT molecular complexity index is 572. The Morgan fingerprint density at radius 3 is 2.35 bits per heavy atom. The van der Waals surface area contributed by atoms with Gasteiger partial charge in [-0.15, -0.1) is 0 Å². The van der Waals surface area contributed by atoms with E-state index in [0.29, 0.717) is 17.9 Å². The summed E-state index contributed by atoms with van der Waals surface area (Å²) in [6, 6.07) is 6.76. The number of aliphatic hydroxyl groups is 1. The first-order valence-corrected chi connectivity index (χ1v) is 8.74. The van der Waals surface area contributed by atoms with E-state index in [4.69, 9.17) is 5.11 Å². The van der Waals surface area contributed by atoms with Crippen molar-refractivity contribution in [1.82, 2.24) is 4.72 Å². The first kappa shape index (κ1) is 14.0. The summed E-state index contributed by atoms with van der Waals surface area (Å²) in [6.07, 6.45) is 5.40. The minimum absolute atomic E-state index is 0.0776. The molecule has 0 aromatic heterocycles. The maximum atomic E-state index is 12.3. The molecule has 20 heavy (non-hydrogen) atoms. The molecule has 110 valence electrons. The van der Waals surface area contributed by atoms with E-state index in [2.05, 4.69) is 4.72 Å². The minimum Gasteiger partial charge on any atom is -0.396 e. The van der Waals surface area contributed by atoms with Crippen LogP contribution in [0.4, 0.5) is 0 Å². The summed E-state index contributed by atoms with van der Waals surface area (Å²) in [5, 5.41) is 8.86. The molecule has 0 spiro atoms. The van der Waals surface area contributed by atoms with Gasteiger partial charge in [0.05, 0.1) is 4.90 Å². The van der Waals surface area contributed by atoms with Crippen LogP contribution in [0.5, 0.6) is 0 Å². The normalized spacial score (nSPS) is 20.9. The summed E-state index contributed by atoms with van der Waals surface area (Å²) in [5.74, 6) is 0.747. The van der Waals surface area contributed by atoms with Gasteiger partial charge < -0.3 is 5.11 Å². The second-order valence-electron chi connectivity index (χ2n) is 6.08. The van der Waals surface area contributed by atoms with E-state index in [-0.39, 0.29) is 12.0 Å². The summed E-state index contributed by atoms with van der Waals surface area (Å²) < 4.78 is 27.3. The van der Waals surface area contributed by atoms with Crippen molar-refractivity contribution in [2.24, 2.45) is 11.3 Å². The molecular formula is C15H21NO3S.